The molecule has 0 radical (unpaired) electrons. The summed E-state index contributed by atoms with van der Waals surface area (Å²) in [6.07, 6.45) is -4.47. The van der Waals surface area contributed by atoms with Gasteiger partial charge in [0.2, 0.25) is 0 Å². The van der Waals surface area contributed by atoms with Crippen LogP contribution in [0.4, 0.5) is 17.6 Å². The Bertz CT molecular complexity index is 306. The topological polar surface area (TPSA) is 0 Å². The fraction of sp³-hybridized carbons (Fsp3) is 0.250. The summed E-state index contributed by atoms with van der Waals surface area (Å²) < 4.78 is 49.3. The van der Waals surface area contributed by atoms with Gasteiger partial charge in [0.05, 0.1) is 5.56 Å². The van der Waals surface area contributed by atoms with Crippen molar-refractivity contribution in [2.24, 2.45) is 0 Å². The van der Waals surface area contributed by atoms with Crippen LogP contribution in [-0.4, -0.2) is 0 Å². The number of hydrogen-bond donors (Lipinski definition) is 0. The Hall–Kier alpha value is -0.330. The highest BCUT2D eigenvalue weighted by molar-refractivity contribution is 14.1. The molecule has 0 unspecified atom stereocenters. The molecular weight excluding hydrogens is 299 g/mol. The van der Waals surface area contributed by atoms with Crippen LogP contribution < -0.4 is 0 Å². The third-order valence-corrected chi connectivity index (χ3v) is 2.32. The van der Waals surface area contributed by atoms with E-state index in [1.165, 1.54) is 0 Å². The largest absolute Gasteiger partial charge is 0.416 e. The van der Waals surface area contributed by atoms with Crippen molar-refractivity contribution in [2.45, 2.75) is 10.6 Å². The summed E-state index contributed by atoms with van der Waals surface area (Å²) in [4.78, 5) is 0. The summed E-state index contributed by atoms with van der Waals surface area (Å²) in [5.41, 5.74) is -0.591. The maximum absolute atomic E-state index is 12.6. The number of alkyl halides is 4. The van der Waals surface area contributed by atoms with Crippen LogP contribution in [0.3, 0.4) is 0 Å². The standard InChI is InChI=1S/C8H5F4I/c9-7-2-5(4-13)1-6(3-7)8(10,11)12/h1-3H,4H2. The lowest BCUT2D eigenvalue weighted by Crippen LogP contribution is -2.05. The van der Waals surface area contributed by atoms with Crippen molar-refractivity contribution in [3.8, 4) is 0 Å². The molecule has 1 rings (SSSR count). The van der Waals surface area contributed by atoms with Gasteiger partial charge in [0.1, 0.15) is 5.82 Å². The van der Waals surface area contributed by atoms with E-state index in [-0.39, 0.29) is 0 Å². The zero-order chi connectivity index (χ0) is 10.1. The highest BCUT2D eigenvalue weighted by Gasteiger charge is 2.31. The van der Waals surface area contributed by atoms with Gasteiger partial charge in [0, 0.05) is 4.43 Å². The second-order valence-electron chi connectivity index (χ2n) is 2.48. The van der Waals surface area contributed by atoms with Crippen LogP contribution in [0.25, 0.3) is 0 Å². The van der Waals surface area contributed by atoms with Crippen LogP contribution >= 0.6 is 22.6 Å². The molecule has 1 aromatic rings. The molecule has 0 heterocycles. The molecule has 5 heteroatoms. The number of hydrogen-bond acceptors (Lipinski definition) is 0. The Morgan fingerprint density at radius 1 is 1.15 bits per heavy atom. The van der Waals surface area contributed by atoms with Gasteiger partial charge in [-0.15, -0.1) is 0 Å². The van der Waals surface area contributed by atoms with Crippen molar-refractivity contribution in [1.82, 2.24) is 0 Å². The summed E-state index contributed by atoms with van der Waals surface area (Å²) in [5.74, 6) is -0.846. The van der Waals surface area contributed by atoms with Gasteiger partial charge < -0.3 is 0 Å². The molecule has 0 bridgehead atoms. The first-order valence-electron chi connectivity index (χ1n) is 3.36. The molecule has 0 atom stereocenters. The van der Waals surface area contributed by atoms with Gasteiger partial charge >= 0.3 is 6.18 Å². The predicted octanol–water partition coefficient (Wildman–Crippen LogP) is 3.78. The monoisotopic (exact) mass is 304 g/mol. The number of halogens is 5. The molecule has 72 valence electrons. The Morgan fingerprint density at radius 3 is 2.23 bits per heavy atom. The molecule has 0 saturated carbocycles. The number of benzene rings is 1. The van der Waals surface area contributed by atoms with Crippen molar-refractivity contribution in [2.75, 3.05) is 0 Å². The average molecular weight is 304 g/mol. The molecule has 0 aliphatic rings. The second kappa shape index (κ2) is 3.81. The van der Waals surface area contributed by atoms with Crippen LogP contribution in [0.5, 0.6) is 0 Å². The quantitative estimate of drug-likeness (QED) is 0.421. The fourth-order valence-corrected chi connectivity index (χ4v) is 1.33. The van der Waals surface area contributed by atoms with Crippen molar-refractivity contribution >= 4 is 22.6 Å². The van der Waals surface area contributed by atoms with Gasteiger partial charge in [0.15, 0.2) is 0 Å². The van der Waals surface area contributed by atoms with Gasteiger partial charge in [-0.3, -0.25) is 0 Å². The molecule has 13 heavy (non-hydrogen) atoms. The molecule has 1 aromatic carbocycles. The third kappa shape index (κ3) is 2.82. The summed E-state index contributed by atoms with van der Waals surface area (Å²) in [6.45, 7) is 0. The first kappa shape index (κ1) is 10.7. The van der Waals surface area contributed by atoms with E-state index in [0.29, 0.717) is 16.1 Å². The lowest BCUT2D eigenvalue weighted by Gasteiger charge is -2.07. The molecule has 0 N–H and O–H groups in total. The molecule has 0 amide bonds. The van der Waals surface area contributed by atoms with Gasteiger partial charge in [-0.25, -0.2) is 4.39 Å². The molecule has 0 spiro atoms. The SMILES string of the molecule is Fc1cc(CI)cc(C(F)(F)F)c1. The molecule has 0 saturated heterocycles. The maximum atomic E-state index is 12.6. The second-order valence-corrected chi connectivity index (χ2v) is 3.24. The van der Waals surface area contributed by atoms with E-state index in [1.807, 2.05) is 22.6 Å². The van der Waals surface area contributed by atoms with E-state index < -0.39 is 17.6 Å². The van der Waals surface area contributed by atoms with Gasteiger partial charge in [-0.2, -0.15) is 13.2 Å². The first-order chi connectivity index (χ1) is 5.93. The molecule has 0 aliphatic heterocycles. The van der Waals surface area contributed by atoms with E-state index >= 15 is 0 Å². The van der Waals surface area contributed by atoms with Crippen molar-refractivity contribution < 1.29 is 17.6 Å². The predicted molar refractivity (Wildman–Crippen MR) is 49.1 cm³/mol. The highest BCUT2D eigenvalue weighted by atomic mass is 127. The van der Waals surface area contributed by atoms with Crippen LogP contribution in [0.2, 0.25) is 0 Å². The Kier molecular flexibility index (Phi) is 3.15. The van der Waals surface area contributed by atoms with Gasteiger partial charge in [0.25, 0.3) is 0 Å². The fourth-order valence-electron chi connectivity index (χ4n) is 0.891. The number of rotatable bonds is 1. The van der Waals surface area contributed by atoms with Gasteiger partial charge in [-0.05, 0) is 23.8 Å². The zero-order valence-electron chi connectivity index (χ0n) is 6.33. The Morgan fingerprint density at radius 2 is 1.77 bits per heavy atom. The Balaban J connectivity index is 3.16. The van der Waals surface area contributed by atoms with E-state index in [2.05, 4.69) is 0 Å². The average Bonchev–Trinajstić information content (AvgIpc) is 2.01. The molecule has 0 nitrogen and oxygen atoms in total. The molecule has 0 fully saturated rings. The van der Waals surface area contributed by atoms with E-state index in [1.54, 1.807) is 0 Å². The molecule has 0 aromatic heterocycles. The minimum absolute atomic E-state index is 0.341. The lowest BCUT2D eigenvalue weighted by molar-refractivity contribution is -0.137. The van der Waals surface area contributed by atoms with Crippen LogP contribution in [-0.2, 0) is 10.6 Å². The molecular formula is C8H5F4I. The van der Waals surface area contributed by atoms with Crippen molar-refractivity contribution in [3.05, 3.63) is 35.1 Å². The van der Waals surface area contributed by atoms with E-state index in [9.17, 15) is 17.6 Å². The third-order valence-electron chi connectivity index (χ3n) is 1.44. The lowest BCUT2D eigenvalue weighted by atomic mass is 10.1. The Labute approximate surface area is 86.1 Å². The first-order valence-corrected chi connectivity index (χ1v) is 4.88. The summed E-state index contributed by atoms with van der Waals surface area (Å²) in [6, 6.07) is 2.55. The smallest absolute Gasteiger partial charge is 0.207 e. The van der Waals surface area contributed by atoms with Crippen molar-refractivity contribution in [3.63, 3.8) is 0 Å². The zero-order valence-corrected chi connectivity index (χ0v) is 8.49. The normalized spacial score (nSPS) is 11.8. The highest BCUT2D eigenvalue weighted by Crippen LogP contribution is 2.30. The summed E-state index contributed by atoms with van der Waals surface area (Å²) >= 11 is 1.88. The van der Waals surface area contributed by atoms with E-state index in [0.717, 1.165) is 12.1 Å². The summed E-state index contributed by atoms with van der Waals surface area (Å²) in [5, 5.41) is 0. The van der Waals surface area contributed by atoms with Crippen LogP contribution in [0, 0.1) is 5.82 Å². The van der Waals surface area contributed by atoms with Crippen LogP contribution in [0.1, 0.15) is 11.1 Å². The minimum atomic E-state index is -4.47. The van der Waals surface area contributed by atoms with Gasteiger partial charge in [-0.1, -0.05) is 22.6 Å². The molecule has 0 aliphatic carbocycles. The van der Waals surface area contributed by atoms with Crippen molar-refractivity contribution in [1.29, 1.82) is 0 Å². The van der Waals surface area contributed by atoms with E-state index in [4.69, 9.17) is 0 Å². The maximum Gasteiger partial charge on any atom is 0.416 e. The summed E-state index contributed by atoms with van der Waals surface area (Å²) in [7, 11) is 0. The van der Waals surface area contributed by atoms with Crippen LogP contribution in [0.15, 0.2) is 18.2 Å². The minimum Gasteiger partial charge on any atom is -0.207 e.